The molecule has 3 atom stereocenters. The molecule has 0 amide bonds. The third-order valence-corrected chi connectivity index (χ3v) is 4.62. The van der Waals surface area contributed by atoms with E-state index in [1.54, 1.807) is 12.1 Å². The molecule has 2 aliphatic rings. The van der Waals surface area contributed by atoms with Crippen LogP contribution in [0.2, 0.25) is 0 Å². The van der Waals surface area contributed by atoms with Gasteiger partial charge in [-0.25, -0.2) is 4.39 Å². The van der Waals surface area contributed by atoms with Crippen LogP contribution in [0.1, 0.15) is 32.3 Å². The zero-order valence-electron chi connectivity index (χ0n) is 12.9. The molecule has 4 heteroatoms. The molecule has 1 aromatic rings. The Morgan fingerprint density at radius 2 is 2.29 bits per heavy atom. The molecule has 0 aliphatic carbocycles. The van der Waals surface area contributed by atoms with E-state index in [0.29, 0.717) is 12.1 Å². The second-order valence-electron chi connectivity index (χ2n) is 6.39. The third kappa shape index (κ3) is 3.38. The molecule has 0 aromatic heterocycles. The Bertz CT molecular complexity index is 494. The fourth-order valence-electron chi connectivity index (χ4n) is 3.44. The fraction of sp³-hybridized carbons (Fsp3) is 0.647. The second-order valence-corrected chi connectivity index (χ2v) is 6.39. The number of piperazine rings is 1. The highest BCUT2D eigenvalue weighted by Crippen LogP contribution is 2.30. The highest BCUT2D eigenvalue weighted by molar-refractivity contribution is 5.37. The van der Waals surface area contributed by atoms with Crippen LogP contribution >= 0.6 is 0 Å². The summed E-state index contributed by atoms with van der Waals surface area (Å²) in [7, 11) is 0. The lowest BCUT2D eigenvalue weighted by Gasteiger charge is -2.39. The lowest BCUT2D eigenvalue weighted by Crippen LogP contribution is -2.57. The Labute approximate surface area is 126 Å². The number of halogens is 1. The summed E-state index contributed by atoms with van der Waals surface area (Å²) in [5.74, 6) is 0.686. The van der Waals surface area contributed by atoms with Gasteiger partial charge >= 0.3 is 0 Å². The van der Waals surface area contributed by atoms with Crippen LogP contribution in [0.3, 0.4) is 0 Å². The summed E-state index contributed by atoms with van der Waals surface area (Å²) < 4.78 is 19.3. The maximum Gasteiger partial charge on any atom is 0.123 e. The van der Waals surface area contributed by atoms with Gasteiger partial charge in [-0.3, -0.25) is 4.90 Å². The van der Waals surface area contributed by atoms with Crippen molar-refractivity contribution in [2.24, 2.45) is 0 Å². The second kappa shape index (κ2) is 6.32. The molecule has 2 aliphatic heterocycles. The van der Waals surface area contributed by atoms with E-state index in [4.69, 9.17) is 4.74 Å². The van der Waals surface area contributed by atoms with E-state index in [2.05, 4.69) is 24.1 Å². The SMILES string of the molecule is CCCC1CN(CC2Cc3cc(F)ccc3O2)C(C)CN1. The smallest absolute Gasteiger partial charge is 0.123 e. The molecule has 1 aromatic carbocycles. The third-order valence-electron chi connectivity index (χ3n) is 4.62. The molecule has 0 spiro atoms. The van der Waals surface area contributed by atoms with Gasteiger partial charge in [-0.2, -0.15) is 0 Å². The minimum atomic E-state index is -0.170. The van der Waals surface area contributed by atoms with E-state index in [1.165, 1.54) is 18.9 Å². The summed E-state index contributed by atoms with van der Waals surface area (Å²) in [4.78, 5) is 2.52. The van der Waals surface area contributed by atoms with E-state index in [9.17, 15) is 4.39 Å². The molecule has 21 heavy (non-hydrogen) atoms. The lowest BCUT2D eigenvalue weighted by molar-refractivity contribution is 0.0855. The molecule has 2 heterocycles. The Morgan fingerprint density at radius 1 is 1.43 bits per heavy atom. The Morgan fingerprint density at radius 3 is 3.10 bits per heavy atom. The van der Waals surface area contributed by atoms with Crippen LogP contribution in [0.4, 0.5) is 4.39 Å². The van der Waals surface area contributed by atoms with Crippen LogP contribution in [-0.2, 0) is 6.42 Å². The van der Waals surface area contributed by atoms with E-state index in [1.807, 2.05) is 0 Å². The van der Waals surface area contributed by atoms with Gasteiger partial charge in [-0.05, 0) is 31.5 Å². The Kier molecular flexibility index (Phi) is 4.45. The molecule has 1 saturated heterocycles. The van der Waals surface area contributed by atoms with Crippen molar-refractivity contribution in [2.75, 3.05) is 19.6 Å². The highest BCUT2D eigenvalue weighted by Gasteiger charge is 2.30. The molecular weight excluding hydrogens is 267 g/mol. The summed E-state index contributed by atoms with van der Waals surface area (Å²) in [5, 5.41) is 3.62. The van der Waals surface area contributed by atoms with E-state index >= 15 is 0 Å². The van der Waals surface area contributed by atoms with Crippen LogP contribution in [-0.4, -0.2) is 42.7 Å². The fourth-order valence-corrected chi connectivity index (χ4v) is 3.44. The number of rotatable bonds is 4. The van der Waals surface area contributed by atoms with Crippen LogP contribution < -0.4 is 10.1 Å². The zero-order valence-corrected chi connectivity index (χ0v) is 12.9. The van der Waals surface area contributed by atoms with E-state index in [-0.39, 0.29) is 11.9 Å². The molecule has 1 fully saturated rings. The molecular formula is C17H25FN2O. The zero-order chi connectivity index (χ0) is 14.8. The van der Waals surface area contributed by atoms with Crippen molar-refractivity contribution in [3.8, 4) is 5.75 Å². The lowest BCUT2D eigenvalue weighted by atomic mass is 10.0. The summed E-state index contributed by atoms with van der Waals surface area (Å²) in [6.45, 7) is 7.55. The van der Waals surface area contributed by atoms with Gasteiger partial charge in [0.05, 0.1) is 0 Å². The summed E-state index contributed by atoms with van der Waals surface area (Å²) >= 11 is 0. The van der Waals surface area contributed by atoms with Gasteiger partial charge in [-0.1, -0.05) is 13.3 Å². The maximum absolute atomic E-state index is 13.3. The minimum absolute atomic E-state index is 0.157. The standard InChI is InChI=1S/C17H25FN2O/c1-3-4-15-10-20(12(2)9-19-15)11-16-8-13-7-14(18)5-6-17(13)21-16/h5-7,12,15-16,19H,3-4,8-11H2,1-2H3. The highest BCUT2D eigenvalue weighted by atomic mass is 19.1. The van der Waals surface area contributed by atoms with Gasteiger partial charge in [0.2, 0.25) is 0 Å². The van der Waals surface area contributed by atoms with Crippen molar-refractivity contribution in [1.82, 2.24) is 10.2 Å². The number of fused-ring (bicyclic) bond motifs is 1. The number of hydrogen-bond acceptors (Lipinski definition) is 3. The molecule has 3 rings (SSSR count). The van der Waals surface area contributed by atoms with E-state index < -0.39 is 0 Å². The number of benzene rings is 1. The van der Waals surface area contributed by atoms with Gasteiger partial charge in [0.15, 0.2) is 0 Å². The number of nitrogens with zero attached hydrogens (tertiary/aromatic N) is 1. The molecule has 0 saturated carbocycles. The largest absolute Gasteiger partial charge is 0.488 e. The van der Waals surface area contributed by atoms with Gasteiger partial charge in [0.1, 0.15) is 17.7 Å². The molecule has 0 bridgehead atoms. The predicted molar refractivity (Wildman–Crippen MR) is 82.3 cm³/mol. The maximum atomic E-state index is 13.3. The van der Waals surface area contributed by atoms with Crippen LogP contribution in [0.5, 0.6) is 5.75 Å². The first-order valence-corrected chi connectivity index (χ1v) is 8.08. The van der Waals surface area contributed by atoms with Crippen molar-refractivity contribution in [3.05, 3.63) is 29.6 Å². The normalized spacial score (nSPS) is 29.2. The Hall–Kier alpha value is -1.13. The summed E-state index contributed by atoms with van der Waals surface area (Å²) in [5.41, 5.74) is 1.01. The first kappa shape index (κ1) is 14.8. The van der Waals surface area contributed by atoms with E-state index in [0.717, 1.165) is 37.4 Å². The first-order valence-electron chi connectivity index (χ1n) is 8.08. The summed E-state index contributed by atoms with van der Waals surface area (Å²) in [6.07, 6.45) is 3.41. The van der Waals surface area contributed by atoms with Crippen molar-refractivity contribution in [1.29, 1.82) is 0 Å². The van der Waals surface area contributed by atoms with Gasteiger partial charge in [0.25, 0.3) is 0 Å². The monoisotopic (exact) mass is 292 g/mol. The molecule has 3 unspecified atom stereocenters. The van der Waals surface area contributed by atoms with Crippen molar-refractivity contribution in [3.63, 3.8) is 0 Å². The quantitative estimate of drug-likeness (QED) is 0.923. The predicted octanol–water partition coefficient (Wildman–Crippen LogP) is 2.59. The molecule has 116 valence electrons. The van der Waals surface area contributed by atoms with Crippen molar-refractivity contribution < 1.29 is 9.13 Å². The van der Waals surface area contributed by atoms with Crippen LogP contribution in [0.25, 0.3) is 0 Å². The average Bonchev–Trinajstić information content (AvgIpc) is 2.84. The number of nitrogens with one attached hydrogen (secondary N) is 1. The van der Waals surface area contributed by atoms with Crippen molar-refractivity contribution >= 4 is 0 Å². The van der Waals surface area contributed by atoms with Gasteiger partial charge in [-0.15, -0.1) is 0 Å². The first-order chi connectivity index (χ1) is 10.2. The average molecular weight is 292 g/mol. The topological polar surface area (TPSA) is 24.5 Å². The van der Waals surface area contributed by atoms with Gasteiger partial charge < -0.3 is 10.1 Å². The van der Waals surface area contributed by atoms with Crippen LogP contribution in [0, 0.1) is 5.82 Å². The van der Waals surface area contributed by atoms with Crippen LogP contribution in [0.15, 0.2) is 18.2 Å². The Balaban J connectivity index is 1.59. The minimum Gasteiger partial charge on any atom is -0.488 e. The number of hydrogen-bond donors (Lipinski definition) is 1. The van der Waals surface area contributed by atoms with Crippen molar-refractivity contribution in [2.45, 2.75) is 51.3 Å². The molecule has 1 N–H and O–H groups in total. The summed E-state index contributed by atoms with van der Waals surface area (Å²) in [6, 6.07) is 5.96. The molecule has 3 nitrogen and oxygen atoms in total. The molecule has 0 radical (unpaired) electrons. The van der Waals surface area contributed by atoms with Gasteiger partial charge in [0, 0.05) is 43.7 Å². The number of ether oxygens (including phenoxy) is 1.